The highest BCUT2D eigenvalue weighted by molar-refractivity contribution is 5.85. The van der Waals surface area contributed by atoms with Crippen LogP contribution in [-0.4, -0.2) is 52.3 Å². The molecule has 1 aliphatic heterocycles. The average Bonchev–Trinajstić information content (AvgIpc) is 2.68. The highest BCUT2D eigenvalue weighted by Gasteiger charge is 2.25. The average molecular weight is 366 g/mol. The number of anilines is 3. The summed E-state index contributed by atoms with van der Waals surface area (Å²) in [6.07, 6.45) is 3.52. The second-order valence-corrected chi connectivity index (χ2v) is 6.62. The van der Waals surface area contributed by atoms with Crippen molar-refractivity contribution in [3.63, 3.8) is 0 Å². The molecule has 0 bridgehead atoms. The molecule has 140 valence electrons. The molecule has 1 fully saturated rings. The van der Waals surface area contributed by atoms with Gasteiger partial charge in [-0.25, -0.2) is 9.97 Å². The monoisotopic (exact) mass is 366 g/mol. The third-order valence-electron chi connectivity index (χ3n) is 4.38. The van der Waals surface area contributed by atoms with Crippen LogP contribution in [0.1, 0.15) is 13.8 Å². The van der Waals surface area contributed by atoms with Crippen LogP contribution in [0.25, 0.3) is 11.2 Å². The summed E-state index contributed by atoms with van der Waals surface area (Å²) in [5.41, 5.74) is 2.08. The quantitative estimate of drug-likeness (QED) is 0.754. The maximum absolute atomic E-state index is 5.82. The first-order chi connectivity index (χ1) is 13.1. The summed E-state index contributed by atoms with van der Waals surface area (Å²) >= 11 is 0. The minimum atomic E-state index is 0.118. The Balaban J connectivity index is 1.71. The third-order valence-corrected chi connectivity index (χ3v) is 4.38. The fourth-order valence-corrected chi connectivity index (χ4v) is 3.23. The predicted molar refractivity (Wildman–Crippen MR) is 104 cm³/mol. The zero-order valence-corrected chi connectivity index (χ0v) is 15.6. The number of methoxy groups -OCH3 is 1. The Morgan fingerprint density at radius 2 is 1.74 bits per heavy atom. The smallest absolute Gasteiger partial charge is 0.229 e. The zero-order valence-electron chi connectivity index (χ0n) is 15.6. The third kappa shape index (κ3) is 3.75. The van der Waals surface area contributed by atoms with Crippen LogP contribution in [0.15, 0.2) is 36.7 Å². The second kappa shape index (κ2) is 7.32. The molecular weight excluding hydrogens is 344 g/mol. The number of rotatable bonds is 4. The van der Waals surface area contributed by atoms with Crippen LogP contribution < -0.4 is 15.0 Å². The molecule has 0 unspecified atom stereocenters. The lowest BCUT2D eigenvalue weighted by molar-refractivity contribution is -0.00569. The Morgan fingerprint density at radius 3 is 2.44 bits per heavy atom. The molecule has 3 aromatic rings. The molecule has 27 heavy (non-hydrogen) atoms. The van der Waals surface area contributed by atoms with Crippen molar-refractivity contribution in [1.82, 2.24) is 19.9 Å². The first kappa shape index (κ1) is 17.4. The Bertz CT molecular complexity index is 923. The molecule has 0 aliphatic carbocycles. The molecule has 8 heteroatoms. The highest BCUT2D eigenvalue weighted by Crippen LogP contribution is 2.26. The van der Waals surface area contributed by atoms with E-state index in [1.165, 1.54) is 0 Å². The summed E-state index contributed by atoms with van der Waals surface area (Å²) in [5, 5.41) is 3.33. The summed E-state index contributed by atoms with van der Waals surface area (Å²) < 4.78 is 11.0. The summed E-state index contributed by atoms with van der Waals surface area (Å²) in [4.78, 5) is 20.3. The van der Waals surface area contributed by atoms with Gasteiger partial charge < -0.3 is 19.7 Å². The van der Waals surface area contributed by atoms with E-state index in [9.17, 15) is 0 Å². The number of morpholine rings is 1. The van der Waals surface area contributed by atoms with Gasteiger partial charge in [-0.15, -0.1) is 0 Å². The SMILES string of the molecule is COc1ccc(Nc2nc(N3C[C@@H](C)O[C@@H](C)C3)nc3nccnc23)cc1. The van der Waals surface area contributed by atoms with Gasteiger partial charge in [0.1, 0.15) is 5.75 Å². The van der Waals surface area contributed by atoms with E-state index in [2.05, 4.69) is 39.0 Å². The fourth-order valence-electron chi connectivity index (χ4n) is 3.23. The van der Waals surface area contributed by atoms with E-state index in [1.807, 2.05) is 24.3 Å². The van der Waals surface area contributed by atoms with Crippen LogP contribution >= 0.6 is 0 Å². The Labute approximate surface area is 157 Å². The normalized spacial score (nSPS) is 19.9. The lowest BCUT2D eigenvalue weighted by Gasteiger charge is -2.35. The number of hydrogen-bond donors (Lipinski definition) is 1. The number of nitrogens with one attached hydrogen (secondary N) is 1. The molecule has 1 aromatic carbocycles. The lowest BCUT2D eigenvalue weighted by atomic mass is 10.2. The van der Waals surface area contributed by atoms with Crippen molar-refractivity contribution in [1.29, 1.82) is 0 Å². The molecule has 2 aromatic heterocycles. The number of fused-ring (bicyclic) bond motifs is 1. The number of aromatic nitrogens is 4. The molecular formula is C19H22N6O2. The van der Waals surface area contributed by atoms with Crippen LogP contribution in [0.3, 0.4) is 0 Å². The van der Waals surface area contributed by atoms with Crippen LogP contribution in [0.5, 0.6) is 5.75 Å². The summed E-state index contributed by atoms with van der Waals surface area (Å²) in [6, 6.07) is 7.65. The summed E-state index contributed by atoms with van der Waals surface area (Å²) in [7, 11) is 1.65. The van der Waals surface area contributed by atoms with Gasteiger partial charge in [0.25, 0.3) is 0 Å². The van der Waals surface area contributed by atoms with E-state index in [-0.39, 0.29) is 12.2 Å². The number of benzene rings is 1. The second-order valence-electron chi connectivity index (χ2n) is 6.62. The molecule has 1 N–H and O–H groups in total. The van der Waals surface area contributed by atoms with Gasteiger partial charge in [0, 0.05) is 31.2 Å². The first-order valence-corrected chi connectivity index (χ1v) is 8.92. The van der Waals surface area contributed by atoms with Crippen LogP contribution in [0.4, 0.5) is 17.5 Å². The van der Waals surface area contributed by atoms with Crippen molar-refractivity contribution in [3.05, 3.63) is 36.7 Å². The highest BCUT2D eigenvalue weighted by atomic mass is 16.5. The summed E-state index contributed by atoms with van der Waals surface area (Å²) in [5.74, 6) is 2.05. The van der Waals surface area contributed by atoms with Gasteiger partial charge in [0.05, 0.1) is 19.3 Å². The number of nitrogens with zero attached hydrogens (tertiary/aromatic N) is 5. The largest absolute Gasteiger partial charge is 0.497 e. The van der Waals surface area contributed by atoms with E-state index in [4.69, 9.17) is 14.5 Å². The molecule has 3 heterocycles. The lowest BCUT2D eigenvalue weighted by Crippen LogP contribution is -2.46. The molecule has 2 atom stereocenters. The van der Waals surface area contributed by atoms with Gasteiger partial charge in [-0.05, 0) is 38.1 Å². The maximum Gasteiger partial charge on any atom is 0.229 e. The van der Waals surface area contributed by atoms with E-state index < -0.39 is 0 Å². The number of ether oxygens (including phenoxy) is 2. The molecule has 1 aliphatic rings. The molecule has 8 nitrogen and oxygen atoms in total. The van der Waals surface area contributed by atoms with Crippen molar-refractivity contribution < 1.29 is 9.47 Å². The minimum Gasteiger partial charge on any atom is -0.497 e. The van der Waals surface area contributed by atoms with Crippen molar-refractivity contribution in [3.8, 4) is 5.75 Å². The maximum atomic E-state index is 5.82. The van der Waals surface area contributed by atoms with Crippen LogP contribution in [-0.2, 0) is 4.74 Å². The van der Waals surface area contributed by atoms with Crippen LogP contribution in [0.2, 0.25) is 0 Å². The summed E-state index contributed by atoms with van der Waals surface area (Å²) in [6.45, 7) is 5.58. The van der Waals surface area contributed by atoms with Gasteiger partial charge in [0.2, 0.25) is 5.95 Å². The van der Waals surface area contributed by atoms with E-state index >= 15 is 0 Å². The molecule has 0 spiro atoms. The molecule has 4 rings (SSSR count). The standard InChI is InChI=1S/C19H22N6O2/c1-12-10-25(11-13(2)27-12)19-23-17-16(20-8-9-21-17)18(24-19)22-14-4-6-15(26-3)7-5-14/h4-9,12-13H,10-11H2,1-3H3,(H,21,22,23,24)/t12-,13+. The van der Waals surface area contributed by atoms with Gasteiger partial charge in [0.15, 0.2) is 17.0 Å². The van der Waals surface area contributed by atoms with E-state index in [1.54, 1.807) is 19.5 Å². The van der Waals surface area contributed by atoms with Gasteiger partial charge >= 0.3 is 0 Å². The van der Waals surface area contributed by atoms with Crippen molar-refractivity contribution in [2.75, 3.05) is 30.4 Å². The van der Waals surface area contributed by atoms with Crippen LogP contribution in [0, 0.1) is 0 Å². The van der Waals surface area contributed by atoms with Gasteiger partial charge in [-0.1, -0.05) is 0 Å². The Morgan fingerprint density at radius 1 is 1.04 bits per heavy atom. The molecule has 1 saturated heterocycles. The van der Waals surface area contributed by atoms with Crippen molar-refractivity contribution in [2.45, 2.75) is 26.1 Å². The fraction of sp³-hybridized carbons (Fsp3) is 0.368. The van der Waals surface area contributed by atoms with Crippen molar-refractivity contribution >= 4 is 28.6 Å². The Kier molecular flexibility index (Phi) is 4.72. The van der Waals surface area contributed by atoms with E-state index in [0.717, 1.165) is 24.5 Å². The zero-order chi connectivity index (χ0) is 18.8. The van der Waals surface area contributed by atoms with Crippen molar-refractivity contribution in [2.24, 2.45) is 0 Å². The van der Waals surface area contributed by atoms with E-state index in [0.29, 0.717) is 22.9 Å². The van der Waals surface area contributed by atoms with Gasteiger partial charge in [-0.3, -0.25) is 0 Å². The van der Waals surface area contributed by atoms with Gasteiger partial charge in [-0.2, -0.15) is 9.97 Å². The minimum absolute atomic E-state index is 0.118. The Hall–Kier alpha value is -3.00. The molecule has 0 saturated carbocycles. The topological polar surface area (TPSA) is 85.3 Å². The molecule has 0 radical (unpaired) electrons. The molecule has 0 amide bonds. The predicted octanol–water partition coefficient (Wildman–Crippen LogP) is 2.79. The first-order valence-electron chi connectivity index (χ1n) is 8.92. The number of hydrogen-bond acceptors (Lipinski definition) is 8.